The molecule has 0 radical (unpaired) electrons. The fourth-order valence-corrected chi connectivity index (χ4v) is 2.68. The van der Waals surface area contributed by atoms with E-state index >= 15 is 0 Å². The lowest BCUT2D eigenvalue weighted by atomic mass is 10.2. The molecule has 2 aromatic rings. The van der Waals surface area contributed by atoms with Crippen molar-refractivity contribution in [3.8, 4) is 17.2 Å². The summed E-state index contributed by atoms with van der Waals surface area (Å²) >= 11 is 0. The van der Waals surface area contributed by atoms with Crippen molar-refractivity contribution in [3.05, 3.63) is 48.0 Å². The summed E-state index contributed by atoms with van der Waals surface area (Å²) < 4.78 is 45.7. The zero-order valence-corrected chi connectivity index (χ0v) is 20.7. The second-order valence-electron chi connectivity index (χ2n) is 6.37. The zero-order chi connectivity index (χ0) is 22.5. The van der Waals surface area contributed by atoms with Gasteiger partial charge in [0.15, 0.2) is 17.5 Å². The van der Waals surface area contributed by atoms with Gasteiger partial charge in [-0.05, 0) is 36.8 Å². The van der Waals surface area contributed by atoms with Crippen LogP contribution >= 0.6 is 24.0 Å². The number of rotatable bonds is 12. The van der Waals surface area contributed by atoms with Crippen LogP contribution in [0.1, 0.15) is 18.9 Å². The molecule has 7 nitrogen and oxygen atoms in total. The Morgan fingerprint density at radius 1 is 1.06 bits per heavy atom. The molecule has 0 aliphatic heterocycles. The minimum absolute atomic E-state index is 0. The molecule has 0 aliphatic rings. The van der Waals surface area contributed by atoms with Gasteiger partial charge in [-0.3, -0.25) is 4.99 Å². The topological polar surface area (TPSA) is 73.3 Å². The third-order valence-electron chi connectivity index (χ3n) is 4.07. The van der Waals surface area contributed by atoms with Crippen LogP contribution in [0.25, 0.3) is 0 Å². The standard InChI is InChI=1S/C22H29F2N3O4.HI/c1-4-29-20-13-16(9-10-19(20)31-21(23)24)15-26-22(25-2)27-17-7-5-8-18(14-17)30-12-6-11-28-3;/h5,7-10,13-14,21H,4,6,11-12,15H2,1-3H3,(H2,25,26,27);1H. The van der Waals surface area contributed by atoms with Crippen LogP contribution in [0.5, 0.6) is 17.2 Å². The highest BCUT2D eigenvalue weighted by Gasteiger charge is 2.12. The maximum absolute atomic E-state index is 12.6. The molecule has 0 saturated heterocycles. The first kappa shape index (κ1) is 27.7. The molecule has 0 atom stereocenters. The van der Waals surface area contributed by atoms with Gasteiger partial charge in [0.2, 0.25) is 0 Å². The number of methoxy groups -OCH3 is 1. The van der Waals surface area contributed by atoms with E-state index in [0.717, 1.165) is 23.4 Å². The summed E-state index contributed by atoms with van der Waals surface area (Å²) in [5.74, 6) is 1.56. The number of guanidine groups is 1. The van der Waals surface area contributed by atoms with Gasteiger partial charge in [-0.1, -0.05) is 12.1 Å². The quantitative estimate of drug-likeness (QED) is 0.165. The number of aliphatic imine (C=N–C) groups is 1. The molecule has 178 valence electrons. The SMILES string of the molecule is CCOc1cc(CNC(=NC)Nc2cccc(OCCCOC)c2)ccc1OC(F)F.I. The van der Waals surface area contributed by atoms with Crippen LogP contribution in [-0.4, -0.2) is 46.5 Å². The van der Waals surface area contributed by atoms with E-state index in [2.05, 4.69) is 20.4 Å². The summed E-state index contributed by atoms with van der Waals surface area (Å²) in [6.07, 6.45) is 0.808. The Hall–Kier alpha value is -2.34. The average Bonchev–Trinajstić information content (AvgIpc) is 2.76. The monoisotopic (exact) mass is 565 g/mol. The normalized spacial score (nSPS) is 11.0. The maximum atomic E-state index is 12.6. The smallest absolute Gasteiger partial charge is 0.387 e. The number of ether oxygens (including phenoxy) is 4. The van der Waals surface area contributed by atoms with Crippen molar-refractivity contribution in [2.24, 2.45) is 4.99 Å². The van der Waals surface area contributed by atoms with Crippen molar-refractivity contribution in [1.82, 2.24) is 5.32 Å². The summed E-state index contributed by atoms with van der Waals surface area (Å²) in [6.45, 7) is 0.821. The molecule has 0 unspecified atom stereocenters. The van der Waals surface area contributed by atoms with Gasteiger partial charge in [-0.25, -0.2) is 0 Å². The van der Waals surface area contributed by atoms with E-state index in [-0.39, 0.29) is 35.5 Å². The van der Waals surface area contributed by atoms with E-state index in [1.165, 1.54) is 6.07 Å². The van der Waals surface area contributed by atoms with Crippen molar-refractivity contribution >= 4 is 35.6 Å². The predicted octanol–water partition coefficient (Wildman–Crippen LogP) is 4.91. The first-order valence-corrected chi connectivity index (χ1v) is 9.95. The molecule has 32 heavy (non-hydrogen) atoms. The molecule has 0 saturated carbocycles. The van der Waals surface area contributed by atoms with E-state index in [1.807, 2.05) is 24.3 Å². The minimum Gasteiger partial charge on any atom is -0.493 e. The number of hydrogen-bond donors (Lipinski definition) is 2. The molecule has 2 rings (SSSR count). The Labute approximate surface area is 204 Å². The van der Waals surface area contributed by atoms with E-state index in [1.54, 1.807) is 33.2 Å². The summed E-state index contributed by atoms with van der Waals surface area (Å²) in [5.41, 5.74) is 1.64. The first-order valence-electron chi connectivity index (χ1n) is 9.95. The number of anilines is 1. The molecule has 2 aromatic carbocycles. The highest BCUT2D eigenvalue weighted by molar-refractivity contribution is 14.0. The average molecular weight is 565 g/mol. The van der Waals surface area contributed by atoms with Crippen molar-refractivity contribution in [2.75, 3.05) is 39.3 Å². The molecule has 10 heteroatoms. The van der Waals surface area contributed by atoms with Crippen LogP contribution in [0.3, 0.4) is 0 Å². The molecule has 0 amide bonds. The van der Waals surface area contributed by atoms with Crippen LogP contribution in [0.2, 0.25) is 0 Å². The molecular formula is C22H30F2IN3O4. The Morgan fingerprint density at radius 3 is 2.56 bits per heavy atom. The summed E-state index contributed by atoms with van der Waals surface area (Å²) in [7, 11) is 3.32. The first-order chi connectivity index (χ1) is 15.0. The number of hydrogen-bond acceptors (Lipinski definition) is 5. The Morgan fingerprint density at radius 2 is 1.88 bits per heavy atom. The molecule has 0 heterocycles. The lowest BCUT2D eigenvalue weighted by Gasteiger charge is -2.15. The van der Waals surface area contributed by atoms with Crippen LogP contribution < -0.4 is 24.8 Å². The van der Waals surface area contributed by atoms with Crippen molar-refractivity contribution in [1.29, 1.82) is 0 Å². The third-order valence-corrected chi connectivity index (χ3v) is 4.07. The van der Waals surface area contributed by atoms with Crippen molar-refractivity contribution in [2.45, 2.75) is 26.5 Å². The second kappa shape index (κ2) is 15.5. The lowest BCUT2D eigenvalue weighted by Crippen LogP contribution is -2.30. The minimum atomic E-state index is -2.91. The Balaban J connectivity index is 0.00000512. The predicted molar refractivity (Wildman–Crippen MR) is 132 cm³/mol. The molecular weight excluding hydrogens is 535 g/mol. The number of alkyl halides is 2. The third kappa shape index (κ3) is 9.86. The van der Waals surface area contributed by atoms with Gasteiger partial charge in [0.1, 0.15) is 5.75 Å². The van der Waals surface area contributed by atoms with Crippen molar-refractivity contribution < 1.29 is 27.7 Å². The van der Waals surface area contributed by atoms with E-state index in [0.29, 0.717) is 32.3 Å². The fourth-order valence-electron chi connectivity index (χ4n) is 2.68. The highest BCUT2D eigenvalue weighted by Crippen LogP contribution is 2.30. The summed E-state index contributed by atoms with van der Waals surface area (Å²) in [5, 5.41) is 6.38. The number of benzene rings is 2. The van der Waals surface area contributed by atoms with Gasteiger partial charge >= 0.3 is 6.61 Å². The number of halogens is 3. The number of nitrogens with zero attached hydrogens (tertiary/aromatic N) is 1. The van der Waals surface area contributed by atoms with Gasteiger partial charge in [0.05, 0.1) is 13.2 Å². The van der Waals surface area contributed by atoms with Gasteiger partial charge in [-0.15, -0.1) is 24.0 Å². The van der Waals surface area contributed by atoms with Gasteiger partial charge in [-0.2, -0.15) is 8.78 Å². The molecule has 0 bridgehead atoms. The molecule has 2 N–H and O–H groups in total. The molecule has 0 aliphatic carbocycles. The van der Waals surface area contributed by atoms with Gasteiger partial charge < -0.3 is 29.6 Å². The van der Waals surface area contributed by atoms with Gasteiger partial charge in [0, 0.05) is 45.5 Å². The fraction of sp³-hybridized carbons (Fsp3) is 0.409. The maximum Gasteiger partial charge on any atom is 0.387 e. The largest absolute Gasteiger partial charge is 0.493 e. The Kier molecular flexibility index (Phi) is 13.4. The van der Waals surface area contributed by atoms with Crippen LogP contribution in [0.15, 0.2) is 47.5 Å². The summed E-state index contributed by atoms with van der Waals surface area (Å²) in [6, 6.07) is 12.4. The van der Waals surface area contributed by atoms with Crippen molar-refractivity contribution in [3.63, 3.8) is 0 Å². The molecule has 0 aromatic heterocycles. The zero-order valence-electron chi connectivity index (χ0n) is 18.4. The number of nitrogens with one attached hydrogen (secondary N) is 2. The van der Waals surface area contributed by atoms with E-state index < -0.39 is 6.61 Å². The summed E-state index contributed by atoms with van der Waals surface area (Å²) in [4.78, 5) is 4.21. The Bertz CT molecular complexity index is 841. The van der Waals surface area contributed by atoms with Crippen LogP contribution in [0.4, 0.5) is 14.5 Å². The second-order valence-corrected chi connectivity index (χ2v) is 6.37. The van der Waals surface area contributed by atoms with E-state index in [9.17, 15) is 8.78 Å². The molecule has 0 fully saturated rings. The van der Waals surface area contributed by atoms with Crippen LogP contribution in [0, 0.1) is 0 Å². The van der Waals surface area contributed by atoms with Crippen LogP contribution in [-0.2, 0) is 11.3 Å². The van der Waals surface area contributed by atoms with Gasteiger partial charge in [0.25, 0.3) is 0 Å². The lowest BCUT2D eigenvalue weighted by molar-refractivity contribution is -0.0514. The van der Waals surface area contributed by atoms with E-state index in [4.69, 9.17) is 14.2 Å². The highest BCUT2D eigenvalue weighted by atomic mass is 127. The molecule has 0 spiro atoms.